The highest BCUT2D eigenvalue weighted by Crippen LogP contribution is 2.44. The van der Waals surface area contributed by atoms with Gasteiger partial charge < -0.3 is 9.64 Å². The number of carbonyl (C=O) groups is 1. The van der Waals surface area contributed by atoms with Gasteiger partial charge in [-0.2, -0.15) is 5.10 Å². The van der Waals surface area contributed by atoms with Crippen LogP contribution in [-0.2, 0) is 22.5 Å². The molecule has 1 aromatic heterocycles. The van der Waals surface area contributed by atoms with Crippen LogP contribution in [0, 0.1) is 17.7 Å². The van der Waals surface area contributed by atoms with E-state index in [2.05, 4.69) is 84.8 Å². The molecule has 5 rings (SSSR count). The van der Waals surface area contributed by atoms with Crippen molar-refractivity contribution in [1.29, 1.82) is 0 Å². The summed E-state index contributed by atoms with van der Waals surface area (Å²) >= 11 is 0. The van der Waals surface area contributed by atoms with Crippen LogP contribution in [0.2, 0.25) is 0 Å². The van der Waals surface area contributed by atoms with E-state index in [-0.39, 0.29) is 35.7 Å². The van der Waals surface area contributed by atoms with E-state index < -0.39 is 5.60 Å². The zero-order valence-corrected chi connectivity index (χ0v) is 29.1. The highest BCUT2D eigenvalue weighted by molar-refractivity contribution is 5.76. The molecular weight excluding hydrogens is 575 g/mol. The van der Waals surface area contributed by atoms with Crippen molar-refractivity contribution in [3.8, 4) is 0 Å². The molecule has 3 unspecified atom stereocenters. The summed E-state index contributed by atoms with van der Waals surface area (Å²) in [5, 5.41) is 4.97. The molecule has 2 fully saturated rings. The van der Waals surface area contributed by atoms with Crippen LogP contribution in [-0.4, -0.2) is 69.9 Å². The van der Waals surface area contributed by atoms with Gasteiger partial charge in [0.05, 0.1) is 5.69 Å². The van der Waals surface area contributed by atoms with Crippen LogP contribution < -0.4 is 0 Å². The molecule has 6 nitrogen and oxygen atoms in total. The minimum Gasteiger partial charge on any atom is -0.459 e. The molecule has 1 aliphatic carbocycles. The third-order valence-corrected chi connectivity index (χ3v) is 10.1. The van der Waals surface area contributed by atoms with Crippen LogP contribution in [0.15, 0.2) is 60.7 Å². The van der Waals surface area contributed by atoms with Gasteiger partial charge in [-0.05, 0) is 121 Å². The quantitative estimate of drug-likeness (QED) is 0.204. The second-order valence-corrected chi connectivity index (χ2v) is 15.0. The van der Waals surface area contributed by atoms with E-state index in [1.807, 2.05) is 26.8 Å². The Hall–Kier alpha value is -3.03. The molecule has 1 aliphatic heterocycles. The molecule has 46 heavy (non-hydrogen) atoms. The second-order valence-electron chi connectivity index (χ2n) is 15.0. The average Bonchev–Trinajstić information content (AvgIpc) is 3.61. The number of aryl methyl sites for hydroxylation is 1. The second kappa shape index (κ2) is 14.8. The van der Waals surface area contributed by atoms with E-state index in [1.54, 1.807) is 6.07 Å². The number of nitrogens with zero attached hydrogens (tertiary/aromatic N) is 4. The first-order valence-corrected chi connectivity index (χ1v) is 17.4. The number of carbonyl (C=O) groups excluding carboxylic acids is 1. The molecule has 0 N–H and O–H groups in total. The van der Waals surface area contributed by atoms with Crippen molar-refractivity contribution in [1.82, 2.24) is 19.6 Å². The van der Waals surface area contributed by atoms with E-state index in [9.17, 15) is 9.18 Å². The molecule has 1 saturated heterocycles. The molecule has 3 aromatic rings. The molecule has 0 radical (unpaired) electrons. The summed E-state index contributed by atoms with van der Waals surface area (Å²) in [6.45, 7) is 16.1. The zero-order valence-electron chi connectivity index (χ0n) is 29.1. The lowest BCUT2D eigenvalue weighted by atomic mass is 9.87. The van der Waals surface area contributed by atoms with Crippen molar-refractivity contribution in [3.63, 3.8) is 0 Å². The van der Waals surface area contributed by atoms with Gasteiger partial charge in [0.2, 0.25) is 0 Å². The van der Waals surface area contributed by atoms with Crippen molar-refractivity contribution in [2.75, 3.05) is 26.7 Å². The summed E-state index contributed by atoms with van der Waals surface area (Å²) in [5.74, 6) is 0.925. The molecule has 0 spiro atoms. The molecule has 2 heterocycles. The molecule has 0 amide bonds. The minimum absolute atomic E-state index is 0.121. The van der Waals surface area contributed by atoms with Gasteiger partial charge in [0, 0.05) is 37.2 Å². The van der Waals surface area contributed by atoms with Crippen molar-refractivity contribution < 1.29 is 13.9 Å². The molecule has 7 heteroatoms. The van der Waals surface area contributed by atoms with Gasteiger partial charge in [0.1, 0.15) is 17.5 Å². The monoisotopic (exact) mass is 630 g/mol. The number of ether oxygens (including phenoxy) is 1. The summed E-state index contributed by atoms with van der Waals surface area (Å²) in [4.78, 5) is 18.2. The van der Waals surface area contributed by atoms with Gasteiger partial charge in [-0.15, -0.1) is 0 Å². The first kappa shape index (κ1) is 34.3. The fourth-order valence-corrected chi connectivity index (χ4v) is 7.98. The predicted octanol–water partition coefficient (Wildman–Crippen LogP) is 7.67. The van der Waals surface area contributed by atoms with E-state index in [0.717, 1.165) is 69.5 Å². The van der Waals surface area contributed by atoms with Gasteiger partial charge in [-0.3, -0.25) is 14.4 Å². The van der Waals surface area contributed by atoms with Crippen LogP contribution in [0.4, 0.5) is 4.39 Å². The number of hydrogen-bond donors (Lipinski definition) is 0. The van der Waals surface area contributed by atoms with Crippen molar-refractivity contribution >= 4 is 5.97 Å². The number of benzene rings is 2. The maximum absolute atomic E-state index is 14.5. The van der Waals surface area contributed by atoms with Crippen LogP contribution in [0.5, 0.6) is 0 Å². The Bertz CT molecular complexity index is 1420. The Labute approximate surface area is 276 Å². The van der Waals surface area contributed by atoms with E-state index in [4.69, 9.17) is 9.84 Å². The number of esters is 1. The number of hydrogen-bond acceptors (Lipinski definition) is 5. The Morgan fingerprint density at radius 1 is 1.04 bits per heavy atom. The highest BCUT2D eigenvalue weighted by atomic mass is 19.1. The van der Waals surface area contributed by atoms with E-state index in [0.29, 0.717) is 11.8 Å². The Balaban J connectivity index is 1.27. The number of halogens is 1. The van der Waals surface area contributed by atoms with Gasteiger partial charge in [-0.1, -0.05) is 56.3 Å². The first-order chi connectivity index (χ1) is 21.9. The summed E-state index contributed by atoms with van der Waals surface area (Å²) in [6.07, 6.45) is 4.99. The number of likely N-dealkylation sites (N-methyl/N-ethyl adjacent to an activating group) is 1. The predicted molar refractivity (Wildman–Crippen MR) is 183 cm³/mol. The Morgan fingerprint density at radius 3 is 2.39 bits per heavy atom. The summed E-state index contributed by atoms with van der Waals surface area (Å²) in [6, 6.07) is 20.0. The van der Waals surface area contributed by atoms with Gasteiger partial charge in [-0.25, -0.2) is 4.39 Å². The third-order valence-electron chi connectivity index (χ3n) is 10.1. The topological polar surface area (TPSA) is 50.6 Å². The molecule has 1 saturated carbocycles. The Kier molecular flexibility index (Phi) is 11.0. The largest absolute Gasteiger partial charge is 0.459 e. The standard InChI is InChI=1S/C39H55FN4O2/c1-8-44-36(24-33(41-44)21-28-13-10-9-11-14-28)29-17-19-43(20-18-29)26-31-23-34(25-35(31)30-15-12-16-32(40)22-30)42(7)37(27(2)3)38(45)46-39(4,5)6/h9-16,22,24,27,29,31,34-35,37H,8,17-21,23,25-26H2,1-7H3/t31?,34?,35?,37-/m1/s1. The van der Waals surface area contributed by atoms with Crippen LogP contribution in [0.25, 0.3) is 0 Å². The number of aromatic nitrogens is 2. The lowest BCUT2D eigenvalue weighted by molar-refractivity contribution is -0.163. The number of likely N-dealkylation sites (tertiary alicyclic amines) is 1. The van der Waals surface area contributed by atoms with Crippen molar-refractivity contribution in [3.05, 3.63) is 89.0 Å². The Morgan fingerprint density at radius 2 is 1.76 bits per heavy atom. The zero-order chi connectivity index (χ0) is 33.0. The minimum atomic E-state index is -0.530. The highest BCUT2D eigenvalue weighted by Gasteiger charge is 2.42. The van der Waals surface area contributed by atoms with E-state index in [1.165, 1.54) is 17.3 Å². The number of rotatable bonds is 11. The first-order valence-electron chi connectivity index (χ1n) is 17.4. The smallest absolute Gasteiger partial charge is 0.324 e. The normalized spacial score (nSPS) is 22.1. The molecule has 2 aromatic carbocycles. The molecule has 0 bridgehead atoms. The fraction of sp³-hybridized carbons (Fsp3) is 0.590. The molecule has 2 aliphatic rings. The van der Waals surface area contributed by atoms with Gasteiger partial charge in [0.25, 0.3) is 0 Å². The maximum atomic E-state index is 14.5. The van der Waals surface area contributed by atoms with Gasteiger partial charge in [0.15, 0.2) is 0 Å². The summed E-state index contributed by atoms with van der Waals surface area (Å²) < 4.78 is 22.5. The van der Waals surface area contributed by atoms with Crippen molar-refractivity contribution in [2.45, 2.75) is 110 Å². The molecule has 4 atom stereocenters. The molecule has 250 valence electrons. The maximum Gasteiger partial charge on any atom is 0.324 e. The summed E-state index contributed by atoms with van der Waals surface area (Å²) in [5.41, 5.74) is 4.36. The molecular formula is C39H55FN4O2. The lowest BCUT2D eigenvalue weighted by Gasteiger charge is -2.36. The third kappa shape index (κ3) is 8.46. The lowest BCUT2D eigenvalue weighted by Crippen LogP contribution is -2.49. The van der Waals surface area contributed by atoms with Crippen LogP contribution in [0.3, 0.4) is 0 Å². The summed E-state index contributed by atoms with van der Waals surface area (Å²) in [7, 11) is 2.08. The van der Waals surface area contributed by atoms with Crippen LogP contribution >= 0.6 is 0 Å². The van der Waals surface area contributed by atoms with Gasteiger partial charge >= 0.3 is 5.97 Å². The van der Waals surface area contributed by atoms with Crippen molar-refractivity contribution in [2.24, 2.45) is 11.8 Å². The van der Waals surface area contributed by atoms with Crippen LogP contribution in [0.1, 0.15) is 102 Å². The SMILES string of the molecule is CCn1nc(Cc2ccccc2)cc1C1CCN(CC2CC(N(C)[C@@H](C(=O)OC(C)(C)C)C(C)C)CC2c2cccc(F)c2)CC1. The number of piperidine rings is 1. The van der Waals surface area contributed by atoms with E-state index >= 15 is 0 Å². The average molecular weight is 631 g/mol. The fourth-order valence-electron chi connectivity index (χ4n) is 7.98.